The number of hydrogen-bond donors (Lipinski definition) is 0. The molecule has 25 heavy (non-hydrogen) atoms. The molecule has 0 saturated carbocycles. The maximum absolute atomic E-state index is 12.5. The third kappa shape index (κ3) is 4.31. The van der Waals surface area contributed by atoms with E-state index < -0.39 is 0 Å². The zero-order valence-corrected chi connectivity index (χ0v) is 15.6. The topological polar surface area (TPSA) is 73.1 Å². The Balaban J connectivity index is 1.64. The van der Waals surface area contributed by atoms with Crippen molar-refractivity contribution < 1.29 is 9.53 Å². The number of likely N-dealkylation sites (tertiary alicyclic amines) is 1. The molecule has 1 aromatic heterocycles. The molecule has 8 heteroatoms. The number of rotatable bonds is 5. The molecular weight excluding hydrogens is 338 g/mol. The number of tetrazole rings is 1. The molecule has 0 radical (unpaired) electrons. The Morgan fingerprint density at radius 3 is 2.56 bits per heavy atom. The number of carbonyl (C=O) groups is 1. The van der Waals surface area contributed by atoms with Gasteiger partial charge in [0.05, 0.1) is 18.6 Å². The lowest BCUT2D eigenvalue weighted by Crippen LogP contribution is -2.43. The Hall–Kier alpha value is -2.09. The van der Waals surface area contributed by atoms with Gasteiger partial charge in [-0.2, -0.15) is 4.68 Å². The zero-order valence-electron chi connectivity index (χ0n) is 14.8. The Labute approximate surface area is 151 Å². The van der Waals surface area contributed by atoms with Crippen LogP contribution < -0.4 is 4.74 Å². The molecule has 0 spiro atoms. The third-order valence-electron chi connectivity index (χ3n) is 4.30. The average Bonchev–Trinajstić information content (AvgIpc) is 3.07. The van der Waals surface area contributed by atoms with Crippen molar-refractivity contribution in [1.82, 2.24) is 25.1 Å². The molecule has 7 nitrogen and oxygen atoms in total. The second kappa shape index (κ2) is 7.86. The number of benzene rings is 1. The molecule has 0 aliphatic carbocycles. The summed E-state index contributed by atoms with van der Waals surface area (Å²) in [5.41, 5.74) is 0.834. The van der Waals surface area contributed by atoms with Crippen LogP contribution in [0.4, 0.5) is 0 Å². The molecule has 0 N–H and O–H groups in total. The van der Waals surface area contributed by atoms with Gasteiger partial charge >= 0.3 is 0 Å². The van der Waals surface area contributed by atoms with E-state index in [0.29, 0.717) is 22.7 Å². The smallest absolute Gasteiger partial charge is 0.233 e. The molecule has 1 amide bonds. The zero-order chi connectivity index (χ0) is 17.8. The van der Waals surface area contributed by atoms with E-state index in [2.05, 4.69) is 29.4 Å². The van der Waals surface area contributed by atoms with Crippen LogP contribution in [0.3, 0.4) is 0 Å². The highest BCUT2D eigenvalue weighted by Gasteiger charge is 2.25. The summed E-state index contributed by atoms with van der Waals surface area (Å²) in [6, 6.07) is 7.48. The summed E-state index contributed by atoms with van der Waals surface area (Å²) in [5.74, 6) is 2.38. The van der Waals surface area contributed by atoms with Crippen molar-refractivity contribution in [1.29, 1.82) is 0 Å². The summed E-state index contributed by atoms with van der Waals surface area (Å²) in [4.78, 5) is 14.5. The van der Waals surface area contributed by atoms with E-state index in [-0.39, 0.29) is 5.91 Å². The summed E-state index contributed by atoms with van der Waals surface area (Å²) in [5, 5.41) is 12.4. The average molecular weight is 361 g/mol. The van der Waals surface area contributed by atoms with Crippen LogP contribution >= 0.6 is 11.8 Å². The summed E-state index contributed by atoms with van der Waals surface area (Å²) in [7, 11) is 1.63. The van der Waals surface area contributed by atoms with Gasteiger partial charge in [-0.1, -0.05) is 25.6 Å². The SMILES string of the molecule is COc1ccc(-n2nnnc2SCC(=O)N2C[C@H](C)C[C@H](C)C2)cc1. The Bertz CT molecular complexity index is 708. The van der Waals surface area contributed by atoms with Crippen molar-refractivity contribution in [2.45, 2.75) is 25.4 Å². The number of nitrogens with zero attached hydrogens (tertiary/aromatic N) is 5. The van der Waals surface area contributed by atoms with Crippen LogP contribution in [0.25, 0.3) is 5.69 Å². The molecule has 1 fully saturated rings. The first-order chi connectivity index (χ1) is 12.1. The Morgan fingerprint density at radius 1 is 1.24 bits per heavy atom. The molecule has 3 rings (SSSR count). The van der Waals surface area contributed by atoms with Gasteiger partial charge in [-0.05, 0) is 52.9 Å². The number of piperidine rings is 1. The number of ether oxygens (including phenoxy) is 1. The van der Waals surface area contributed by atoms with Crippen LogP contribution in [0, 0.1) is 11.8 Å². The summed E-state index contributed by atoms with van der Waals surface area (Å²) in [6.45, 7) is 6.08. The first kappa shape index (κ1) is 17.7. The quantitative estimate of drug-likeness (QED) is 0.761. The van der Waals surface area contributed by atoms with E-state index in [9.17, 15) is 4.79 Å². The maximum atomic E-state index is 12.5. The molecule has 1 saturated heterocycles. The monoisotopic (exact) mass is 361 g/mol. The minimum atomic E-state index is 0.146. The predicted molar refractivity (Wildman–Crippen MR) is 96.0 cm³/mol. The number of hydrogen-bond acceptors (Lipinski definition) is 6. The molecule has 2 heterocycles. The molecule has 134 valence electrons. The fourth-order valence-corrected chi connectivity index (χ4v) is 4.03. The highest BCUT2D eigenvalue weighted by atomic mass is 32.2. The number of amides is 1. The molecule has 0 unspecified atom stereocenters. The van der Waals surface area contributed by atoms with Gasteiger partial charge in [0.15, 0.2) is 0 Å². The van der Waals surface area contributed by atoms with Gasteiger partial charge in [-0.3, -0.25) is 4.79 Å². The van der Waals surface area contributed by atoms with Gasteiger partial charge in [0.25, 0.3) is 0 Å². The van der Waals surface area contributed by atoms with Crippen LogP contribution in [-0.4, -0.2) is 57.0 Å². The van der Waals surface area contributed by atoms with Crippen molar-refractivity contribution >= 4 is 17.7 Å². The lowest BCUT2D eigenvalue weighted by atomic mass is 9.92. The largest absolute Gasteiger partial charge is 0.497 e. The van der Waals surface area contributed by atoms with Crippen LogP contribution in [0.1, 0.15) is 20.3 Å². The normalized spacial score (nSPS) is 20.5. The molecule has 1 aliphatic heterocycles. The van der Waals surface area contributed by atoms with Gasteiger partial charge in [0.2, 0.25) is 11.1 Å². The maximum Gasteiger partial charge on any atom is 0.233 e. The lowest BCUT2D eigenvalue weighted by molar-refractivity contribution is -0.130. The number of thioether (sulfide) groups is 1. The fourth-order valence-electron chi connectivity index (χ4n) is 3.24. The summed E-state index contributed by atoms with van der Waals surface area (Å²) >= 11 is 1.37. The first-order valence-electron chi connectivity index (χ1n) is 8.40. The van der Waals surface area contributed by atoms with E-state index in [1.54, 1.807) is 11.8 Å². The van der Waals surface area contributed by atoms with Gasteiger partial charge < -0.3 is 9.64 Å². The summed E-state index contributed by atoms with van der Waals surface area (Å²) in [6.07, 6.45) is 1.19. The van der Waals surface area contributed by atoms with Crippen LogP contribution in [0.2, 0.25) is 0 Å². The predicted octanol–water partition coefficient (Wildman–Crippen LogP) is 2.27. The molecule has 2 aromatic rings. The van der Waals surface area contributed by atoms with E-state index in [4.69, 9.17) is 4.74 Å². The van der Waals surface area contributed by atoms with Crippen molar-refractivity contribution in [3.05, 3.63) is 24.3 Å². The van der Waals surface area contributed by atoms with E-state index in [1.165, 1.54) is 18.2 Å². The number of aromatic nitrogens is 4. The molecule has 1 aromatic carbocycles. The minimum Gasteiger partial charge on any atom is -0.497 e. The Morgan fingerprint density at radius 2 is 1.92 bits per heavy atom. The molecule has 1 aliphatic rings. The van der Waals surface area contributed by atoms with E-state index in [1.807, 2.05) is 29.2 Å². The first-order valence-corrected chi connectivity index (χ1v) is 9.38. The standard InChI is InChI=1S/C17H23N5O2S/c1-12-8-13(2)10-21(9-12)16(23)11-25-17-18-19-20-22(17)14-4-6-15(24-3)7-5-14/h4-7,12-13H,8-11H2,1-3H3/t12-,13+. The van der Waals surface area contributed by atoms with E-state index >= 15 is 0 Å². The second-order valence-corrected chi connectivity index (χ2v) is 7.55. The van der Waals surface area contributed by atoms with Crippen molar-refractivity contribution in [3.8, 4) is 11.4 Å². The van der Waals surface area contributed by atoms with Crippen LogP contribution in [-0.2, 0) is 4.79 Å². The summed E-state index contributed by atoms with van der Waals surface area (Å²) < 4.78 is 6.80. The van der Waals surface area contributed by atoms with E-state index in [0.717, 1.165) is 24.5 Å². The highest BCUT2D eigenvalue weighted by Crippen LogP contribution is 2.24. The number of carbonyl (C=O) groups excluding carboxylic acids is 1. The van der Waals surface area contributed by atoms with Crippen LogP contribution in [0.15, 0.2) is 29.4 Å². The number of methoxy groups -OCH3 is 1. The van der Waals surface area contributed by atoms with Crippen LogP contribution in [0.5, 0.6) is 5.75 Å². The van der Waals surface area contributed by atoms with Crippen molar-refractivity contribution in [2.75, 3.05) is 26.0 Å². The highest BCUT2D eigenvalue weighted by molar-refractivity contribution is 7.99. The van der Waals surface area contributed by atoms with Gasteiger partial charge in [0.1, 0.15) is 5.75 Å². The molecule has 2 atom stereocenters. The molecule has 0 bridgehead atoms. The van der Waals surface area contributed by atoms with Crippen molar-refractivity contribution in [2.24, 2.45) is 11.8 Å². The molecular formula is C17H23N5O2S. The third-order valence-corrected chi connectivity index (χ3v) is 5.21. The van der Waals surface area contributed by atoms with Gasteiger partial charge in [-0.25, -0.2) is 0 Å². The fraction of sp³-hybridized carbons (Fsp3) is 0.529. The van der Waals surface area contributed by atoms with Gasteiger partial charge in [0, 0.05) is 13.1 Å². The van der Waals surface area contributed by atoms with Crippen molar-refractivity contribution in [3.63, 3.8) is 0 Å². The Kier molecular flexibility index (Phi) is 5.57. The van der Waals surface area contributed by atoms with Gasteiger partial charge in [-0.15, -0.1) is 5.10 Å². The lowest BCUT2D eigenvalue weighted by Gasteiger charge is -2.34. The second-order valence-electron chi connectivity index (χ2n) is 6.60. The minimum absolute atomic E-state index is 0.146.